The summed E-state index contributed by atoms with van der Waals surface area (Å²) in [6.45, 7) is 4.29. The van der Waals surface area contributed by atoms with E-state index in [9.17, 15) is 13.2 Å². The summed E-state index contributed by atoms with van der Waals surface area (Å²) in [5, 5.41) is 0. The predicted octanol–water partition coefficient (Wildman–Crippen LogP) is 5.57. The summed E-state index contributed by atoms with van der Waals surface area (Å²) in [7, 11) is 0. The van der Waals surface area contributed by atoms with Crippen LogP contribution >= 0.6 is 0 Å². The van der Waals surface area contributed by atoms with E-state index in [1.165, 1.54) is 17.7 Å². The first-order valence-corrected chi connectivity index (χ1v) is 6.63. The molecule has 0 amide bonds. The molecule has 0 saturated heterocycles. The van der Waals surface area contributed by atoms with Crippen LogP contribution in [0.5, 0.6) is 0 Å². The molecule has 0 nitrogen and oxygen atoms in total. The smallest absolute Gasteiger partial charge is 0.166 e. The summed E-state index contributed by atoms with van der Waals surface area (Å²) in [6, 6.07) is 13.3. The van der Waals surface area contributed by atoms with E-state index in [-0.39, 0.29) is 0 Å². The molecule has 20 heavy (non-hydrogen) atoms. The van der Waals surface area contributed by atoms with E-state index < -0.39 is 11.7 Å². The normalized spacial score (nSPS) is 11.9. The molecule has 2 rings (SSSR count). The van der Waals surface area contributed by atoms with Gasteiger partial charge in [-0.2, -0.15) is 13.2 Å². The number of benzene rings is 2. The Morgan fingerprint density at radius 3 is 2.10 bits per heavy atom. The van der Waals surface area contributed by atoms with Crippen molar-refractivity contribution in [2.24, 2.45) is 5.92 Å². The maximum absolute atomic E-state index is 12.5. The average Bonchev–Trinajstić information content (AvgIpc) is 2.37. The first-order chi connectivity index (χ1) is 9.36. The van der Waals surface area contributed by atoms with Gasteiger partial charge in [-0.1, -0.05) is 50.2 Å². The van der Waals surface area contributed by atoms with Crippen LogP contribution in [0, 0.1) is 5.92 Å². The third-order valence-electron chi connectivity index (χ3n) is 3.12. The lowest BCUT2D eigenvalue weighted by molar-refractivity contribution is -0.137. The fourth-order valence-corrected chi connectivity index (χ4v) is 2.20. The molecule has 106 valence electrons. The van der Waals surface area contributed by atoms with Crippen molar-refractivity contribution in [3.05, 3.63) is 59.7 Å². The van der Waals surface area contributed by atoms with Crippen molar-refractivity contribution in [1.82, 2.24) is 0 Å². The van der Waals surface area contributed by atoms with E-state index in [4.69, 9.17) is 0 Å². The molecule has 0 aliphatic carbocycles. The van der Waals surface area contributed by atoms with Crippen LogP contribution in [0.1, 0.15) is 25.0 Å². The number of halogens is 3. The summed E-state index contributed by atoms with van der Waals surface area (Å²) in [6.07, 6.45) is -3.31. The van der Waals surface area contributed by atoms with E-state index in [1.54, 1.807) is 0 Å². The molecule has 0 aliphatic rings. The van der Waals surface area contributed by atoms with Crippen molar-refractivity contribution in [2.45, 2.75) is 26.4 Å². The maximum Gasteiger partial charge on any atom is 0.416 e. The lowest BCUT2D eigenvalue weighted by atomic mass is 9.97. The second kappa shape index (κ2) is 5.70. The van der Waals surface area contributed by atoms with Crippen LogP contribution in [0.3, 0.4) is 0 Å². The highest BCUT2D eigenvalue weighted by Crippen LogP contribution is 2.31. The SMILES string of the molecule is CC(C)Cc1cccc(-c2ccc(C(F)(F)F)cc2)c1. The highest BCUT2D eigenvalue weighted by Gasteiger charge is 2.29. The predicted molar refractivity (Wildman–Crippen MR) is 75.4 cm³/mol. The molecule has 3 heteroatoms. The molecule has 0 bridgehead atoms. The minimum Gasteiger partial charge on any atom is -0.166 e. The van der Waals surface area contributed by atoms with Gasteiger partial charge in [0.05, 0.1) is 5.56 Å². The molecular formula is C17H17F3. The van der Waals surface area contributed by atoms with Crippen LogP contribution in [0.4, 0.5) is 13.2 Å². The largest absolute Gasteiger partial charge is 0.416 e. The van der Waals surface area contributed by atoms with Gasteiger partial charge in [0.2, 0.25) is 0 Å². The second-order valence-electron chi connectivity index (χ2n) is 5.37. The van der Waals surface area contributed by atoms with E-state index in [0.29, 0.717) is 5.92 Å². The molecule has 0 radical (unpaired) electrons. The van der Waals surface area contributed by atoms with Crippen molar-refractivity contribution in [3.63, 3.8) is 0 Å². The molecule has 0 spiro atoms. The van der Waals surface area contributed by atoms with Gasteiger partial charge in [0.15, 0.2) is 0 Å². The Kier molecular flexibility index (Phi) is 4.17. The lowest BCUT2D eigenvalue weighted by Crippen LogP contribution is -2.04. The van der Waals surface area contributed by atoms with Crippen molar-refractivity contribution >= 4 is 0 Å². The van der Waals surface area contributed by atoms with E-state index in [2.05, 4.69) is 13.8 Å². The van der Waals surface area contributed by atoms with Crippen molar-refractivity contribution in [2.75, 3.05) is 0 Å². The Hall–Kier alpha value is -1.77. The molecule has 0 atom stereocenters. The zero-order chi connectivity index (χ0) is 14.8. The first-order valence-electron chi connectivity index (χ1n) is 6.63. The van der Waals surface area contributed by atoms with Gasteiger partial charge in [0, 0.05) is 0 Å². The third-order valence-corrected chi connectivity index (χ3v) is 3.12. The Bertz CT molecular complexity index is 566. The minimum atomic E-state index is -4.28. The molecular weight excluding hydrogens is 261 g/mol. The van der Waals surface area contributed by atoms with Crippen molar-refractivity contribution < 1.29 is 13.2 Å². The van der Waals surface area contributed by atoms with Crippen LogP contribution < -0.4 is 0 Å². The Morgan fingerprint density at radius 2 is 1.55 bits per heavy atom. The van der Waals surface area contributed by atoms with Crippen LogP contribution in [0.2, 0.25) is 0 Å². The average molecular weight is 278 g/mol. The standard InChI is InChI=1S/C17H17F3/c1-12(2)10-13-4-3-5-15(11-13)14-6-8-16(9-7-14)17(18,19)20/h3-9,11-12H,10H2,1-2H3. The number of hydrogen-bond acceptors (Lipinski definition) is 0. The molecule has 0 unspecified atom stereocenters. The summed E-state index contributed by atoms with van der Waals surface area (Å²) < 4.78 is 37.6. The Labute approximate surface area is 117 Å². The van der Waals surface area contributed by atoms with Crippen molar-refractivity contribution in [1.29, 1.82) is 0 Å². The van der Waals surface area contributed by atoms with Crippen LogP contribution in [0.15, 0.2) is 48.5 Å². The van der Waals surface area contributed by atoms with Gasteiger partial charge in [0.1, 0.15) is 0 Å². The molecule has 0 heterocycles. The van der Waals surface area contributed by atoms with E-state index in [1.807, 2.05) is 24.3 Å². The minimum absolute atomic E-state index is 0.554. The van der Waals surface area contributed by atoms with Gasteiger partial charge in [-0.05, 0) is 41.2 Å². The van der Waals surface area contributed by atoms with Crippen LogP contribution in [-0.4, -0.2) is 0 Å². The number of hydrogen-bond donors (Lipinski definition) is 0. The zero-order valence-corrected chi connectivity index (χ0v) is 11.5. The van der Waals surface area contributed by atoms with Crippen molar-refractivity contribution in [3.8, 4) is 11.1 Å². The molecule has 0 fully saturated rings. The highest BCUT2D eigenvalue weighted by molar-refractivity contribution is 5.64. The number of alkyl halides is 3. The maximum atomic E-state index is 12.5. The number of rotatable bonds is 3. The second-order valence-corrected chi connectivity index (χ2v) is 5.37. The van der Waals surface area contributed by atoms with Gasteiger partial charge in [0.25, 0.3) is 0 Å². The van der Waals surface area contributed by atoms with Crippen LogP contribution in [-0.2, 0) is 12.6 Å². The quantitative estimate of drug-likeness (QED) is 0.688. The molecule has 2 aromatic rings. The van der Waals surface area contributed by atoms with Gasteiger partial charge >= 0.3 is 6.18 Å². The molecule has 0 N–H and O–H groups in total. The Morgan fingerprint density at radius 1 is 0.900 bits per heavy atom. The first kappa shape index (κ1) is 14.6. The summed E-state index contributed by atoms with van der Waals surface area (Å²) in [4.78, 5) is 0. The van der Waals surface area contributed by atoms with E-state index in [0.717, 1.165) is 29.7 Å². The third kappa shape index (κ3) is 3.62. The fourth-order valence-electron chi connectivity index (χ4n) is 2.20. The zero-order valence-electron chi connectivity index (χ0n) is 11.5. The molecule has 0 aliphatic heterocycles. The van der Waals surface area contributed by atoms with Gasteiger partial charge < -0.3 is 0 Å². The summed E-state index contributed by atoms with van der Waals surface area (Å²) in [5.74, 6) is 0.554. The summed E-state index contributed by atoms with van der Waals surface area (Å²) in [5.41, 5.74) is 2.36. The highest BCUT2D eigenvalue weighted by atomic mass is 19.4. The topological polar surface area (TPSA) is 0 Å². The van der Waals surface area contributed by atoms with Gasteiger partial charge in [-0.25, -0.2) is 0 Å². The fraction of sp³-hybridized carbons (Fsp3) is 0.294. The molecule has 2 aromatic carbocycles. The monoisotopic (exact) mass is 278 g/mol. The van der Waals surface area contributed by atoms with Crippen LogP contribution in [0.25, 0.3) is 11.1 Å². The van der Waals surface area contributed by atoms with Gasteiger partial charge in [-0.15, -0.1) is 0 Å². The lowest BCUT2D eigenvalue weighted by Gasteiger charge is -2.10. The molecule has 0 saturated carbocycles. The molecule has 0 aromatic heterocycles. The summed E-state index contributed by atoms with van der Waals surface area (Å²) >= 11 is 0. The van der Waals surface area contributed by atoms with E-state index >= 15 is 0 Å². The van der Waals surface area contributed by atoms with Gasteiger partial charge in [-0.3, -0.25) is 0 Å². The Balaban J connectivity index is 2.28.